The minimum absolute atomic E-state index is 0.0710. The summed E-state index contributed by atoms with van der Waals surface area (Å²) in [6.45, 7) is 4.29. The minimum Gasteiger partial charge on any atom is -0.271 e. The third kappa shape index (κ3) is 2.74. The molecule has 2 aromatic rings. The highest BCUT2D eigenvalue weighted by atomic mass is 15.2. The Labute approximate surface area is 127 Å². The van der Waals surface area contributed by atoms with E-state index in [-0.39, 0.29) is 6.04 Å². The fourth-order valence-electron chi connectivity index (χ4n) is 3.28. The quantitative estimate of drug-likeness (QED) is 0.653. The van der Waals surface area contributed by atoms with Crippen molar-refractivity contribution in [2.24, 2.45) is 5.84 Å². The summed E-state index contributed by atoms with van der Waals surface area (Å²) in [5.74, 6) is 6.64. The van der Waals surface area contributed by atoms with Crippen LogP contribution in [0.25, 0.3) is 0 Å². The molecule has 1 fully saturated rings. The molecule has 1 aliphatic carbocycles. The van der Waals surface area contributed by atoms with E-state index in [1.807, 2.05) is 0 Å². The molecule has 21 heavy (non-hydrogen) atoms. The Morgan fingerprint density at radius 2 is 1.81 bits per heavy atom. The summed E-state index contributed by atoms with van der Waals surface area (Å²) in [5, 5.41) is 0. The number of rotatable bonds is 4. The molecule has 2 aromatic carbocycles. The van der Waals surface area contributed by atoms with Crippen LogP contribution in [-0.2, 0) is 0 Å². The van der Waals surface area contributed by atoms with Crippen LogP contribution < -0.4 is 11.3 Å². The molecular formula is C19H24N2. The van der Waals surface area contributed by atoms with Gasteiger partial charge in [-0.2, -0.15) is 0 Å². The summed E-state index contributed by atoms with van der Waals surface area (Å²) >= 11 is 0. The van der Waals surface area contributed by atoms with Crippen LogP contribution in [0.3, 0.4) is 0 Å². The molecular weight excluding hydrogens is 256 g/mol. The molecule has 1 atom stereocenters. The minimum atomic E-state index is 0.0710. The lowest BCUT2D eigenvalue weighted by Gasteiger charge is -2.31. The van der Waals surface area contributed by atoms with Crippen LogP contribution in [0.15, 0.2) is 42.5 Å². The van der Waals surface area contributed by atoms with E-state index in [0.29, 0.717) is 5.92 Å². The highest BCUT2D eigenvalue weighted by Crippen LogP contribution is 2.40. The van der Waals surface area contributed by atoms with E-state index in [9.17, 15) is 0 Å². The average molecular weight is 280 g/mol. The van der Waals surface area contributed by atoms with E-state index < -0.39 is 0 Å². The molecule has 110 valence electrons. The van der Waals surface area contributed by atoms with Crippen LogP contribution in [0.2, 0.25) is 0 Å². The van der Waals surface area contributed by atoms with Gasteiger partial charge in [-0.15, -0.1) is 0 Å². The fourth-order valence-corrected chi connectivity index (χ4v) is 3.28. The Kier molecular flexibility index (Phi) is 4.09. The van der Waals surface area contributed by atoms with E-state index in [1.165, 1.54) is 47.1 Å². The zero-order valence-corrected chi connectivity index (χ0v) is 12.9. The van der Waals surface area contributed by atoms with Crippen molar-refractivity contribution in [2.75, 3.05) is 0 Å². The number of hydrazine groups is 1. The number of aryl methyl sites for hydroxylation is 2. The second-order valence-corrected chi connectivity index (χ2v) is 6.22. The summed E-state index contributed by atoms with van der Waals surface area (Å²) in [4.78, 5) is 0. The topological polar surface area (TPSA) is 38.0 Å². The lowest BCUT2D eigenvalue weighted by atomic mass is 9.76. The van der Waals surface area contributed by atoms with Crippen molar-refractivity contribution in [1.29, 1.82) is 0 Å². The standard InChI is InChI=1S/C19H24N2/c1-13-10-11-14(2)18(12-13)19(21-20)17-9-4-3-8-16(17)15-6-5-7-15/h3-4,8-12,15,19,21H,5-7,20H2,1-2H3. The van der Waals surface area contributed by atoms with Gasteiger partial charge in [0.05, 0.1) is 6.04 Å². The first-order valence-corrected chi connectivity index (χ1v) is 7.83. The predicted molar refractivity (Wildman–Crippen MR) is 88.1 cm³/mol. The van der Waals surface area contributed by atoms with Crippen molar-refractivity contribution < 1.29 is 0 Å². The Morgan fingerprint density at radius 3 is 2.48 bits per heavy atom. The first-order chi connectivity index (χ1) is 10.2. The Bertz CT molecular complexity index is 629. The summed E-state index contributed by atoms with van der Waals surface area (Å²) in [6, 6.07) is 15.4. The molecule has 2 nitrogen and oxygen atoms in total. The molecule has 0 heterocycles. The lowest BCUT2D eigenvalue weighted by molar-refractivity contribution is 0.414. The second-order valence-electron chi connectivity index (χ2n) is 6.22. The van der Waals surface area contributed by atoms with Gasteiger partial charge in [0.25, 0.3) is 0 Å². The molecule has 1 aliphatic rings. The highest BCUT2D eigenvalue weighted by Gasteiger charge is 2.25. The summed E-state index contributed by atoms with van der Waals surface area (Å²) in [7, 11) is 0. The number of hydrogen-bond acceptors (Lipinski definition) is 2. The maximum Gasteiger partial charge on any atom is 0.0715 e. The van der Waals surface area contributed by atoms with Gasteiger partial charge in [-0.3, -0.25) is 5.84 Å². The van der Waals surface area contributed by atoms with Crippen molar-refractivity contribution in [1.82, 2.24) is 5.43 Å². The molecule has 2 heteroatoms. The third-order valence-electron chi connectivity index (χ3n) is 4.76. The molecule has 0 radical (unpaired) electrons. The fraction of sp³-hybridized carbons (Fsp3) is 0.368. The molecule has 1 unspecified atom stereocenters. The van der Waals surface area contributed by atoms with Crippen molar-refractivity contribution >= 4 is 0 Å². The van der Waals surface area contributed by atoms with E-state index in [4.69, 9.17) is 5.84 Å². The maximum atomic E-state index is 5.93. The van der Waals surface area contributed by atoms with Crippen LogP contribution in [0.1, 0.15) is 59.0 Å². The summed E-state index contributed by atoms with van der Waals surface area (Å²) in [5.41, 5.74) is 9.68. The molecule has 0 bridgehead atoms. The van der Waals surface area contributed by atoms with Crippen molar-refractivity contribution in [3.05, 3.63) is 70.3 Å². The number of nitrogens with one attached hydrogen (secondary N) is 1. The first-order valence-electron chi connectivity index (χ1n) is 7.83. The molecule has 3 N–H and O–H groups in total. The van der Waals surface area contributed by atoms with Crippen molar-refractivity contribution in [2.45, 2.75) is 45.1 Å². The zero-order valence-electron chi connectivity index (χ0n) is 12.9. The van der Waals surface area contributed by atoms with E-state index in [1.54, 1.807) is 0 Å². The van der Waals surface area contributed by atoms with Crippen LogP contribution in [-0.4, -0.2) is 0 Å². The predicted octanol–water partition coefficient (Wildman–Crippen LogP) is 4.12. The smallest absolute Gasteiger partial charge is 0.0715 e. The molecule has 0 amide bonds. The number of nitrogens with two attached hydrogens (primary N) is 1. The van der Waals surface area contributed by atoms with Gasteiger partial charge >= 0.3 is 0 Å². The molecule has 0 spiro atoms. The number of hydrogen-bond donors (Lipinski definition) is 2. The van der Waals surface area contributed by atoms with Crippen LogP contribution in [0, 0.1) is 13.8 Å². The van der Waals surface area contributed by atoms with Gasteiger partial charge in [0.1, 0.15) is 0 Å². The van der Waals surface area contributed by atoms with Gasteiger partial charge in [-0.1, -0.05) is 54.4 Å². The normalized spacial score (nSPS) is 16.5. The SMILES string of the molecule is Cc1ccc(C)c(C(NN)c2ccccc2C2CCC2)c1. The van der Waals surface area contributed by atoms with Crippen molar-refractivity contribution in [3.63, 3.8) is 0 Å². The van der Waals surface area contributed by atoms with Gasteiger partial charge in [0.15, 0.2) is 0 Å². The maximum absolute atomic E-state index is 5.93. The van der Waals surface area contributed by atoms with E-state index >= 15 is 0 Å². The summed E-state index contributed by atoms with van der Waals surface area (Å²) < 4.78 is 0. The molecule has 1 saturated carbocycles. The monoisotopic (exact) mass is 280 g/mol. The number of benzene rings is 2. The first kappa shape index (κ1) is 14.3. The van der Waals surface area contributed by atoms with Gasteiger partial charge in [0.2, 0.25) is 0 Å². The van der Waals surface area contributed by atoms with Crippen LogP contribution in [0.4, 0.5) is 0 Å². The molecule has 0 saturated heterocycles. The van der Waals surface area contributed by atoms with Gasteiger partial charge in [0, 0.05) is 0 Å². The summed E-state index contributed by atoms with van der Waals surface area (Å²) in [6.07, 6.45) is 3.96. The Morgan fingerprint density at radius 1 is 1.05 bits per heavy atom. The lowest BCUT2D eigenvalue weighted by Crippen LogP contribution is -2.31. The average Bonchev–Trinajstić information content (AvgIpc) is 2.43. The Balaban J connectivity index is 2.06. The highest BCUT2D eigenvalue weighted by molar-refractivity contribution is 5.43. The van der Waals surface area contributed by atoms with E-state index in [0.717, 1.165) is 0 Å². The van der Waals surface area contributed by atoms with Crippen LogP contribution in [0.5, 0.6) is 0 Å². The van der Waals surface area contributed by atoms with Crippen molar-refractivity contribution in [3.8, 4) is 0 Å². The van der Waals surface area contributed by atoms with Crippen LogP contribution >= 0.6 is 0 Å². The van der Waals surface area contributed by atoms with Gasteiger partial charge in [-0.05, 0) is 54.9 Å². The Hall–Kier alpha value is -1.64. The van der Waals surface area contributed by atoms with E-state index in [2.05, 4.69) is 61.7 Å². The third-order valence-corrected chi connectivity index (χ3v) is 4.76. The van der Waals surface area contributed by atoms with Gasteiger partial charge < -0.3 is 0 Å². The zero-order chi connectivity index (χ0) is 14.8. The second kappa shape index (κ2) is 6.00. The molecule has 0 aromatic heterocycles. The molecule has 3 rings (SSSR count). The molecule has 0 aliphatic heterocycles. The van der Waals surface area contributed by atoms with Gasteiger partial charge in [-0.25, -0.2) is 5.43 Å². The largest absolute Gasteiger partial charge is 0.271 e.